The van der Waals surface area contributed by atoms with Crippen LogP contribution in [0.4, 0.5) is 5.69 Å². The Kier molecular flexibility index (Phi) is 2.91. The Bertz CT molecular complexity index is 826. The Labute approximate surface area is 119 Å². The third-order valence-corrected chi connectivity index (χ3v) is 3.42. The molecule has 1 aromatic heterocycles. The molecular weight excluding hydrogens is 278 g/mol. The van der Waals surface area contributed by atoms with Crippen LogP contribution in [0.2, 0.25) is 5.02 Å². The predicted molar refractivity (Wildman–Crippen MR) is 77.8 cm³/mol. The Hall–Kier alpha value is -2.40. The molecule has 20 heavy (non-hydrogen) atoms. The minimum absolute atomic E-state index is 0.00666. The fourth-order valence-corrected chi connectivity index (χ4v) is 2.41. The SMILES string of the molecule is Cn1c(-c2cc(Cl)ccc2[N+](=O)[O-])nc2ccccc21. The Balaban J connectivity index is 2.33. The summed E-state index contributed by atoms with van der Waals surface area (Å²) in [5.41, 5.74) is 2.12. The number of halogens is 1. The number of imidazole rings is 1. The van der Waals surface area contributed by atoms with E-state index in [0.717, 1.165) is 11.0 Å². The standard InChI is InChI=1S/C14H10ClN3O2/c1-17-13-5-3-2-4-11(13)16-14(17)10-8-9(15)6-7-12(10)18(19)20/h2-8H,1H3. The first-order chi connectivity index (χ1) is 9.58. The summed E-state index contributed by atoms with van der Waals surface area (Å²) in [6.07, 6.45) is 0. The third kappa shape index (κ3) is 1.92. The van der Waals surface area contributed by atoms with Crippen LogP contribution in [0.15, 0.2) is 42.5 Å². The summed E-state index contributed by atoms with van der Waals surface area (Å²) in [6.45, 7) is 0. The molecule has 0 spiro atoms. The molecule has 0 atom stereocenters. The lowest BCUT2D eigenvalue weighted by atomic mass is 10.1. The van der Waals surface area contributed by atoms with Gasteiger partial charge < -0.3 is 4.57 Å². The summed E-state index contributed by atoms with van der Waals surface area (Å²) in [7, 11) is 1.83. The first kappa shape index (κ1) is 12.6. The molecule has 3 rings (SSSR count). The number of benzene rings is 2. The summed E-state index contributed by atoms with van der Waals surface area (Å²) in [4.78, 5) is 15.2. The van der Waals surface area contributed by atoms with E-state index >= 15 is 0 Å². The minimum atomic E-state index is -0.426. The van der Waals surface area contributed by atoms with Crippen LogP contribution < -0.4 is 0 Å². The smallest absolute Gasteiger partial charge is 0.280 e. The molecule has 0 aliphatic rings. The number of nitro groups is 1. The highest BCUT2D eigenvalue weighted by Gasteiger charge is 2.20. The fourth-order valence-electron chi connectivity index (χ4n) is 2.23. The number of fused-ring (bicyclic) bond motifs is 1. The molecule has 0 aliphatic heterocycles. The first-order valence-corrected chi connectivity index (χ1v) is 6.31. The van der Waals surface area contributed by atoms with Crippen LogP contribution in [0.5, 0.6) is 0 Å². The maximum Gasteiger partial charge on any atom is 0.280 e. The molecular formula is C14H10ClN3O2. The highest BCUT2D eigenvalue weighted by atomic mass is 35.5. The molecule has 0 saturated carbocycles. The maximum atomic E-state index is 11.2. The van der Waals surface area contributed by atoms with E-state index in [2.05, 4.69) is 4.98 Å². The predicted octanol–water partition coefficient (Wildman–Crippen LogP) is 3.80. The van der Waals surface area contributed by atoms with Crippen LogP contribution in [0.25, 0.3) is 22.4 Å². The van der Waals surface area contributed by atoms with Gasteiger partial charge in [0.15, 0.2) is 0 Å². The van der Waals surface area contributed by atoms with Crippen molar-refractivity contribution in [3.8, 4) is 11.4 Å². The van der Waals surface area contributed by atoms with Gasteiger partial charge in [0.2, 0.25) is 0 Å². The number of nitro benzene ring substituents is 1. The average molecular weight is 288 g/mol. The van der Waals surface area contributed by atoms with Gasteiger partial charge in [0.25, 0.3) is 5.69 Å². The van der Waals surface area contributed by atoms with Gasteiger partial charge in [0.1, 0.15) is 5.82 Å². The first-order valence-electron chi connectivity index (χ1n) is 5.93. The van der Waals surface area contributed by atoms with Gasteiger partial charge in [-0.25, -0.2) is 4.98 Å². The van der Waals surface area contributed by atoms with Crippen LogP contribution in [0.1, 0.15) is 0 Å². The number of nitrogens with zero attached hydrogens (tertiary/aromatic N) is 3. The molecule has 2 aromatic carbocycles. The topological polar surface area (TPSA) is 61.0 Å². The van der Waals surface area contributed by atoms with Crippen molar-refractivity contribution in [2.45, 2.75) is 0 Å². The number of hydrogen-bond acceptors (Lipinski definition) is 3. The van der Waals surface area contributed by atoms with E-state index in [0.29, 0.717) is 16.4 Å². The minimum Gasteiger partial charge on any atom is -0.327 e. The van der Waals surface area contributed by atoms with Crippen molar-refractivity contribution < 1.29 is 4.92 Å². The van der Waals surface area contributed by atoms with Crippen molar-refractivity contribution in [1.29, 1.82) is 0 Å². The second kappa shape index (κ2) is 4.61. The Morgan fingerprint density at radius 2 is 2.00 bits per heavy atom. The van der Waals surface area contributed by atoms with Crippen molar-refractivity contribution in [2.75, 3.05) is 0 Å². The molecule has 6 heteroatoms. The lowest BCUT2D eigenvalue weighted by Gasteiger charge is -2.04. The molecule has 0 aliphatic carbocycles. The van der Waals surface area contributed by atoms with Crippen molar-refractivity contribution >= 4 is 28.3 Å². The molecule has 3 aromatic rings. The van der Waals surface area contributed by atoms with Gasteiger partial charge in [-0.3, -0.25) is 10.1 Å². The largest absolute Gasteiger partial charge is 0.327 e. The maximum absolute atomic E-state index is 11.2. The number of aryl methyl sites for hydroxylation is 1. The van der Waals surface area contributed by atoms with Crippen molar-refractivity contribution in [3.63, 3.8) is 0 Å². The fraction of sp³-hybridized carbons (Fsp3) is 0.0714. The summed E-state index contributed by atoms with van der Waals surface area (Å²) >= 11 is 5.96. The summed E-state index contributed by atoms with van der Waals surface area (Å²) < 4.78 is 1.83. The normalized spacial score (nSPS) is 10.9. The van der Waals surface area contributed by atoms with E-state index in [1.165, 1.54) is 12.1 Å². The number of aromatic nitrogens is 2. The van der Waals surface area contributed by atoms with Crippen LogP contribution in [-0.2, 0) is 7.05 Å². The van der Waals surface area contributed by atoms with Crippen molar-refractivity contribution in [1.82, 2.24) is 9.55 Å². The molecule has 0 fully saturated rings. The van der Waals surface area contributed by atoms with E-state index in [4.69, 9.17) is 11.6 Å². The molecule has 1 heterocycles. The molecule has 0 saturated heterocycles. The molecule has 5 nitrogen and oxygen atoms in total. The van der Waals surface area contributed by atoms with Gasteiger partial charge in [0, 0.05) is 18.1 Å². The monoisotopic (exact) mass is 287 g/mol. The second-order valence-electron chi connectivity index (χ2n) is 4.40. The van der Waals surface area contributed by atoms with E-state index in [1.54, 1.807) is 6.07 Å². The van der Waals surface area contributed by atoms with Crippen molar-refractivity contribution in [2.24, 2.45) is 7.05 Å². The van der Waals surface area contributed by atoms with Crippen LogP contribution in [-0.4, -0.2) is 14.5 Å². The number of para-hydroxylation sites is 2. The third-order valence-electron chi connectivity index (χ3n) is 3.18. The zero-order valence-corrected chi connectivity index (χ0v) is 11.3. The van der Waals surface area contributed by atoms with Crippen molar-refractivity contribution in [3.05, 3.63) is 57.6 Å². The highest BCUT2D eigenvalue weighted by molar-refractivity contribution is 6.31. The molecule has 0 unspecified atom stereocenters. The molecule has 0 amide bonds. The molecule has 0 bridgehead atoms. The lowest BCUT2D eigenvalue weighted by Crippen LogP contribution is -1.97. The summed E-state index contributed by atoms with van der Waals surface area (Å²) in [5.74, 6) is 0.528. The number of hydrogen-bond donors (Lipinski definition) is 0. The van der Waals surface area contributed by atoms with Gasteiger partial charge in [-0.15, -0.1) is 0 Å². The van der Waals surface area contributed by atoms with Crippen LogP contribution >= 0.6 is 11.6 Å². The van der Waals surface area contributed by atoms with E-state index in [9.17, 15) is 10.1 Å². The average Bonchev–Trinajstić information content (AvgIpc) is 2.76. The van der Waals surface area contributed by atoms with Gasteiger partial charge in [-0.1, -0.05) is 23.7 Å². The molecule has 0 N–H and O–H groups in total. The quantitative estimate of drug-likeness (QED) is 0.532. The Morgan fingerprint density at radius 3 is 2.70 bits per heavy atom. The van der Waals surface area contributed by atoms with E-state index in [-0.39, 0.29) is 5.69 Å². The molecule has 100 valence electrons. The lowest BCUT2D eigenvalue weighted by molar-refractivity contribution is -0.384. The second-order valence-corrected chi connectivity index (χ2v) is 4.84. The van der Waals surface area contributed by atoms with Crippen LogP contribution in [0.3, 0.4) is 0 Å². The van der Waals surface area contributed by atoms with Gasteiger partial charge in [0.05, 0.1) is 21.5 Å². The Morgan fingerprint density at radius 1 is 1.25 bits per heavy atom. The van der Waals surface area contributed by atoms with Gasteiger partial charge >= 0.3 is 0 Å². The zero-order valence-electron chi connectivity index (χ0n) is 10.6. The van der Waals surface area contributed by atoms with Gasteiger partial charge in [-0.05, 0) is 24.3 Å². The van der Waals surface area contributed by atoms with E-state index in [1.807, 2.05) is 35.9 Å². The number of rotatable bonds is 2. The van der Waals surface area contributed by atoms with Gasteiger partial charge in [-0.2, -0.15) is 0 Å². The zero-order chi connectivity index (χ0) is 14.3. The van der Waals surface area contributed by atoms with E-state index < -0.39 is 4.92 Å². The molecule has 0 radical (unpaired) electrons. The summed E-state index contributed by atoms with van der Waals surface area (Å²) in [5, 5.41) is 11.6. The highest BCUT2D eigenvalue weighted by Crippen LogP contribution is 2.33. The summed E-state index contributed by atoms with van der Waals surface area (Å²) in [6, 6.07) is 12.0. The van der Waals surface area contributed by atoms with Crippen LogP contribution in [0, 0.1) is 10.1 Å².